The fourth-order valence-electron chi connectivity index (χ4n) is 0. The van der Waals surface area contributed by atoms with E-state index in [0.29, 0.717) is 0 Å². The van der Waals surface area contributed by atoms with Crippen LogP contribution in [0.1, 0.15) is 0 Å². The van der Waals surface area contributed by atoms with E-state index in [-0.39, 0.29) is 28.8 Å². The van der Waals surface area contributed by atoms with Crippen molar-refractivity contribution in [3.05, 3.63) is 0 Å². The molecule has 6 heteroatoms. The van der Waals surface area contributed by atoms with E-state index < -0.39 is 11.9 Å². The van der Waals surface area contributed by atoms with E-state index in [2.05, 4.69) is 0 Å². The molecule has 0 saturated heterocycles. The summed E-state index contributed by atoms with van der Waals surface area (Å²) < 4.78 is 0. The number of carbonyl (C=O) groups is 2. The third kappa shape index (κ3) is 9.35. The number of aliphatic carboxylic acids is 2. The quantitative estimate of drug-likeness (QED) is 0.240. The van der Waals surface area contributed by atoms with Crippen molar-refractivity contribution in [2.24, 2.45) is 0 Å². The van der Waals surface area contributed by atoms with Gasteiger partial charge in [-0.25, -0.2) is 9.59 Å². The van der Waals surface area contributed by atoms with Gasteiger partial charge >= 0.3 is 30.8 Å². The SMILES string of the molecule is O=C(O)C(=O)O.P.[LiH]. The van der Waals surface area contributed by atoms with Crippen molar-refractivity contribution in [3.8, 4) is 0 Å². The number of hydrogen-bond acceptors (Lipinski definition) is 2. The number of carboxylic acid groups (broad SMARTS) is 2. The Morgan fingerprint density at radius 1 is 1.00 bits per heavy atom. The zero-order chi connectivity index (χ0) is 5.15. The molecule has 0 radical (unpaired) electrons. The van der Waals surface area contributed by atoms with Gasteiger partial charge in [0.25, 0.3) is 0 Å². The van der Waals surface area contributed by atoms with Crippen molar-refractivity contribution >= 4 is 40.7 Å². The van der Waals surface area contributed by atoms with Crippen LogP contribution in [0.3, 0.4) is 0 Å². The van der Waals surface area contributed by atoms with E-state index >= 15 is 0 Å². The molecule has 0 aromatic rings. The van der Waals surface area contributed by atoms with Crippen LogP contribution >= 0.6 is 9.90 Å². The molecule has 1 atom stereocenters. The summed E-state index contributed by atoms with van der Waals surface area (Å²) in [7, 11) is 0. The van der Waals surface area contributed by atoms with Crippen LogP contribution in [0.2, 0.25) is 0 Å². The van der Waals surface area contributed by atoms with Gasteiger partial charge in [0.2, 0.25) is 0 Å². The second-order valence-corrected chi connectivity index (χ2v) is 0.610. The topological polar surface area (TPSA) is 74.6 Å². The van der Waals surface area contributed by atoms with E-state index in [1.165, 1.54) is 0 Å². The second kappa shape index (κ2) is 6.97. The Labute approximate surface area is 61.1 Å². The molecule has 0 amide bonds. The third-order valence-corrected chi connectivity index (χ3v) is 0.183. The van der Waals surface area contributed by atoms with Crippen LogP contribution in [0.15, 0.2) is 0 Å². The van der Waals surface area contributed by atoms with Crippen molar-refractivity contribution in [1.29, 1.82) is 0 Å². The summed E-state index contributed by atoms with van der Waals surface area (Å²) in [5, 5.41) is 14.8. The molecular weight excluding hydrogens is 126 g/mol. The van der Waals surface area contributed by atoms with E-state index in [1.807, 2.05) is 0 Å². The molecule has 0 aliphatic rings. The predicted octanol–water partition coefficient (Wildman–Crippen LogP) is -1.43. The Hall–Kier alpha value is -0.0326. The Balaban J connectivity index is -0.000000125. The van der Waals surface area contributed by atoms with Gasteiger partial charge in [0.05, 0.1) is 0 Å². The van der Waals surface area contributed by atoms with Gasteiger partial charge in [-0.3, -0.25) is 0 Å². The molecule has 1 unspecified atom stereocenters. The zero-order valence-corrected chi connectivity index (χ0v) is 4.83. The van der Waals surface area contributed by atoms with E-state index in [4.69, 9.17) is 19.8 Å². The van der Waals surface area contributed by atoms with Gasteiger partial charge in [0, 0.05) is 0 Å². The van der Waals surface area contributed by atoms with Crippen LogP contribution in [-0.2, 0) is 9.59 Å². The molecule has 0 fully saturated rings. The molecule has 2 N–H and O–H groups in total. The summed E-state index contributed by atoms with van der Waals surface area (Å²) in [5.74, 6) is -3.65. The average molecular weight is 132 g/mol. The fourth-order valence-corrected chi connectivity index (χ4v) is 0. The maximum atomic E-state index is 9.10. The fraction of sp³-hybridized carbons (Fsp3) is 0. The van der Waals surface area contributed by atoms with Crippen molar-refractivity contribution in [2.75, 3.05) is 0 Å². The first kappa shape index (κ1) is 15.7. The summed E-state index contributed by atoms with van der Waals surface area (Å²) >= 11 is 0. The van der Waals surface area contributed by atoms with Gasteiger partial charge in [-0.05, 0) is 0 Å². The Morgan fingerprint density at radius 2 is 1.12 bits per heavy atom. The van der Waals surface area contributed by atoms with Crippen LogP contribution in [-0.4, -0.2) is 41.0 Å². The zero-order valence-electron chi connectivity index (χ0n) is 3.42. The minimum absolute atomic E-state index is 0. The first-order valence-corrected chi connectivity index (χ1v) is 1.11. The van der Waals surface area contributed by atoms with Gasteiger partial charge in [-0.15, -0.1) is 0 Å². The Morgan fingerprint density at radius 3 is 1.12 bits per heavy atom. The molecule has 0 spiro atoms. The second-order valence-electron chi connectivity index (χ2n) is 0.610. The molecule has 8 heavy (non-hydrogen) atoms. The normalized spacial score (nSPS) is 5.50. The van der Waals surface area contributed by atoms with Crippen molar-refractivity contribution in [1.82, 2.24) is 0 Å². The molecule has 0 rings (SSSR count). The first-order valence-electron chi connectivity index (χ1n) is 1.11. The Bertz CT molecular complexity index is 80.0. The van der Waals surface area contributed by atoms with Crippen LogP contribution in [0.5, 0.6) is 0 Å². The van der Waals surface area contributed by atoms with E-state index in [9.17, 15) is 0 Å². The van der Waals surface area contributed by atoms with Crippen LogP contribution in [0, 0.1) is 0 Å². The summed E-state index contributed by atoms with van der Waals surface area (Å²) in [6.07, 6.45) is 0. The molecule has 0 saturated carbocycles. The monoisotopic (exact) mass is 132 g/mol. The molecule has 0 aromatic heterocycles. The molecule has 0 bridgehead atoms. The molecule has 0 aliphatic carbocycles. The number of hydrogen-bond donors (Lipinski definition) is 2. The van der Waals surface area contributed by atoms with E-state index in [1.54, 1.807) is 0 Å². The van der Waals surface area contributed by atoms with Crippen molar-refractivity contribution in [3.63, 3.8) is 0 Å². The molecule has 0 aromatic carbocycles. The van der Waals surface area contributed by atoms with Crippen LogP contribution in [0.25, 0.3) is 0 Å². The first-order chi connectivity index (χ1) is 2.64. The summed E-state index contributed by atoms with van der Waals surface area (Å²) in [6.45, 7) is 0. The van der Waals surface area contributed by atoms with Crippen molar-refractivity contribution in [2.45, 2.75) is 0 Å². The van der Waals surface area contributed by atoms with Gasteiger partial charge in [-0.2, -0.15) is 9.90 Å². The summed E-state index contributed by atoms with van der Waals surface area (Å²) in [5.41, 5.74) is 0. The van der Waals surface area contributed by atoms with Crippen LogP contribution < -0.4 is 0 Å². The van der Waals surface area contributed by atoms with Gasteiger partial charge in [0.15, 0.2) is 0 Å². The molecule has 0 heterocycles. The molecule has 44 valence electrons. The average Bonchev–Trinajstić information content (AvgIpc) is 1.36. The van der Waals surface area contributed by atoms with Crippen LogP contribution in [0.4, 0.5) is 0 Å². The number of rotatable bonds is 0. The molecular formula is C2H6LiO4P. The van der Waals surface area contributed by atoms with Gasteiger partial charge < -0.3 is 10.2 Å². The third-order valence-electron chi connectivity index (χ3n) is 0.183. The summed E-state index contributed by atoms with van der Waals surface area (Å²) in [6, 6.07) is 0. The predicted molar refractivity (Wildman–Crippen MR) is 33.5 cm³/mol. The maximum absolute atomic E-state index is 9.10. The summed E-state index contributed by atoms with van der Waals surface area (Å²) in [4.78, 5) is 18.2. The van der Waals surface area contributed by atoms with E-state index in [0.717, 1.165) is 0 Å². The van der Waals surface area contributed by atoms with Crippen molar-refractivity contribution < 1.29 is 19.8 Å². The molecule has 0 aliphatic heterocycles. The van der Waals surface area contributed by atoms with Gasteiger partial charge in [0.1, 0.15) is 0 Å². The Kier molecular flexibility index (Phi) is 13.7. The number of carboxylic acids is 2. The standard InChI is InChI=1S/C2H2O4.Li.H3P.H/c3-1(4)2(5)6;;;/h(H,3,4)(H,5,6);;1H3;. The minimum atomic E-state index is -1.82. The van der Waals surface area contributed by atoms with Gasteiger partial charge in [-0.1, -0.05) is 0 Å². The molecule has 4 nitrogen and oxygen atoms in total.